The number of amides is 1. The van der Waals surface area contributed by atoms with Crippen molar-refractivity contribution in [3.63, 3.8) is 0 Å². The minimum Gasteiger partial charge on any atom is -0.469 e. The molecule has 2 rings (SSSR count). The molecule has 1 amide bonds. The van der Waals surface area contributed by atoms with Gasteiger partial charge in [0.2, 0.25) is 5.91 Å². The molecular formula is C14H20N4O3. The first-order chi connectivity index (χ1) is 10.1. The molecule has 2 heterocycles. The van der Waals surface area contributed by atoms with Crippen LogP contribution < -0.4 is 4.90 Å². The van der Waals surface area contributed by atoms with Gasteiger partial charge in [-0.3, -0.25) is 9.59 Å². The Balaban J connectivity index is 1.81. The van der Waals surface area contributed by atoms with Gasteiger partial charge < -0.3 is 14.5 Å². The molecule has 0 saturated carbocycles. The van der Waals surface area contributed by atoms with Gasteiger partial charge in [-0.2, -0.15) is 5.10 Å². The van der Waals surface area contributed by atoms with Crippen molar-refractivity contribution in [1.29, 1.82) is 0 Å². The number of ether oxygens (including phenoxy) is 1. The second kappa shape index (κ2) is 7.01. The molecule has 0 N–H and O–H groups in total. The van der Waals surface area contributed by atoms with Gasteiger partial charge in [0.05, 0.1) is 19.2 Å². The number of esters is 1. The second-order valence-electron chi connectivity index (χ2n) is 4.98. The highest BCUT2D eigenvalue weighted by atomic mass is 16.5. The van der Waals surface area contributed by atoms with Gasteiger partial charge in [0, 0.05) is 32.6 Å². The predicted molar refractivity (Wildman–Crippen MR) is 76.8 cm³/mol. The van der Waals surface area contributed by atoms with Crippen LogP contribution in [0.5, 0.6) is 0 Å². The molecule has 1 saturated heterocycles. The first kappa shape index (κ1) is 15.2. The summed E-state index contributed by atoms with van der Waals surface area (Å²) in [5.41, 5.74) is 0.885. The summed E-state index contributed by atoms with van der Waals surface area (Å²) in [4.78, 5) is 26.9. The molecule has 0 atom stereocenters. The Kier molecular flexibility index (Phi) is 5.08. The Labute approximate surface area is 123 Å². The van der Waals surface area contributed by atoms with Gasteiger partial charge in [-0.1, -0.05) is 0 Å². The van der Waals surface area contributed by atoms with E-state index in [-0.39, 0.29) is 24.7 Å². The van der Waals surface area contributed by atoms with Gasteiger partial charge in [0.25, 0.3) is 0 Å². The highest BCUT2D eigenvalue weighted by molar-refractivity contribution is 5.81. The van der Waals surface area contributed by atoms with E-state index < -0.39 is 0 Å². The van der Waals surface area contributed by atoms with Crippen LogP contribution >= 0.6 is 0 Å². The van der Waals surface area contributed by atoms with E-state index in [0.29, 0.717) is 13.1 Å². The van der Waals surface area contributed by atoms with Gasteiger partial charge in [-0.05, 0) is 19.1 Å². The molecule has 0 aliphatic carbocycles. The molecule has 0 unspecified atom stereocenters. The van der Waals surface area contributed by atoms with E-state index in [2.05, 4.69) is 19.8 Å². The Hall–Kier alpha value is -2.18. The number of methoxy groups -OCH3 is 1. The van der Waals surface area contributed by atoms with Crippen LogP contribution in [0.2, 0.25) is 0 Å². The van der Waals surface area contributed by atoms with Crippen molar-refractivity contribution < 1.29 is 14.3 Å². The molecule has 0 bridgehead atoms. The van der Waals surface area contributed by atoms with Crippen molar-refractivity contribution in [3.05, 3.63) is 17.8 Å². The van der Waals surface area contributed by atoms with Crippen LogP contribution in [-0.4, -0.2) is 60.3 Å². The molecule has 1 aromatic rings. The number of nitrogens with zero attached hydrogens (tertiary/aromatic N) is 4. The predicted octanol–water partition coefficient (Wildman–Crippen LogP) is 0.387. The van der Waals surface area contributed by atoms with Gasteiger partial charge in [-0.15, -0.1) is 5.10 Å². The molecule has 7 nitrogen and oxygen atoms in total. The maximum absolute atomic E-state index is 12.0. The standard InChI is InChI=1S/C14H20N4O3/c1-11-3-4-12(16-15-11)17-7-9-18(10-8-17)13(19)5-6-14(20)21-2/h3-4H,5-10H2,1-2H3. The zero-order chi connectivity index (χ0) is 15.2. The van der Waals surface area contributed by atoms with E-state index in [1.54, 1.807) is 4.90 Å². The van der Waals surface area contributed by atoms with Gasteiger partial charge in [0.15, 0.2) is 5.82 Å². The number of hydrogen-bond donors (Lipinski definition) is 0. The topological polar surface area (TPSA) is 75.6 Å². The van der Waals surface area contributed by atoms with E-state index in [1.807, 2.05) is 19.1 Å². The molecule has 0 radical (unpaired) electrons. The number of aromatic nitrogens is 2. The fourth-order valence-corrected chi connectivity index (χ4v) is 2.21. The molecule has 0 spiro atoms. The van der Waals surface area contributed by atoms with Crippen LogP contribution in [0, 0.1) is 6.92 Å². The third-order valence-corrected chi connectivity index (χ3v) is 3.51. The normalized spacial score (nSPS) is 15.0. The van der Waals surface area contributed by atoms with E-state index in [1.165, 1.54) is 7.11 Å². The van der Waals surface area contributed by atoms with Crippen molar-refractivity contribution in [2.45, 2.75) is 19.8 Å². The van der Waals surface area contributed by atoms with Crippen LogP contribution in [0.1, 0.15) is 18.5 Å². The number of carbonyl (C=O) groups excluding carboxylic acids is 2. The lowest BCUT2D eigenvalue weighted by molar-refractivity contribution is -0.143. The average molecular weight is 292 g/mol. The third kappa shape index (κ3) is 4.14. The molecule has 21 heavy (non-hydrogen) atoms. The largest absolute Gasteiger partial charge is 0.469 e. The maximum atomic E-state index is 12.0. The van der Waals surface area contributed by atoms with Gasteiger partial charge in [-0.25, -0.2) is 0 Å². The molecule has 0 aromatic carbocycles. The van der Waals surface area contributed by atoms with Crippen molar-refractivity contribution in [2.24, 2.45) is 0 Å². The highest BCUT2D eigenvalue weighted by Gasteiger charge is 2.22. The molecule has 114 valence electrons. The average Bonchev–Trinajstić information content (AvgIpc) is 2.53. The number of anilines is 1. The lowest BCUT2D eigenvalue weighted by Crippen LogP contribution is -2.49. The summed E-state index contributed by atoms with van der Waals surface area (Å²) in [7, 11) is 1.33. The van der Waals surface area contributed by atoms with Crippen LogP contribution in [-0.2, 0) is 14.3 Å². The SMILES string of the molecule is COC(=O)CCC(=O)N1CCN(c2ccc(C)nn2)CC1. The number of piperazine rings is 1. The van der Waals surface area contributed by atoms with E-state index >= 15 is 0 Å². The summed E-state index contributed by atoms with van der Waals surface area (Å²) >= 11 is 0. The minimum absolute atomic E-state index is 0.00459. The van der Waals surface area contributed by atoms with Crippen molar-refractivity contribution in [2.75, 3.05) is 38.2 Å². The summed E-state index contributed by atoms with van der Waals surface area (Å²) in [5, 5.41) is 8.20. The van der Waals surface area contributed by atoms with E-state index in [9.17, 15) is 9.59 Å². The first-order valence-electron chi connectivity index (χ1n) is 7.00. The fourth-order valence-electron chi connectivity index (χ4n) is 2.21. The molecule has 7 heteroatoms. The third-order valence-electron chi connectivity index (χ3n) is 3.51. The molecule has 1 fully saturated rings. The summed E-state index contributed by atoms with van der Waals surface area (Å²) in [6, 6.07) is 3.87. The van der Waals surface area contributed by atoms with Crippen molar-refractivity contribution in [1.82, 2.24) is 15.1 Å². The van der Waals surface area contributed by atoms with Crippen LogP contribution in [0.3, 0.4) is 0 Å². The maximum Gasteiger partial charge on any atom is 0.306 e. The van der Waals surface area contributed by atoms with Crippen LogP contribution in [0.4, 0.5) is 5.82 Å². The molecule has 1 aliphatic heterocycles. The Morgan fingerprint density at radius 2 is 1.86 bits per heavy atom. The summed E-state index contributed by atoms with van der Waals surface area (Å²) in [6.45, 7) is 4.61. The van der Waals surface area contributed by atoms with E-state index in [4.69, 9.17) is 0 Å². The number of rotatable bonds is 4. The molecular weight excluding hydrogens is 272 g/mol. The van der Waals surface area contributed by atoms with Gasteiger partial charge in [0.1, 0.15) is 0 Å². The van der Waals surface area contributed by atoms with Crippen molar-refractivity contribution >= 4 is 17.7 Å². The molecule has 1 aromatic heterocycles. The Bertz CT molecular complexity index is 495. The monoisotopic (exact) mass is 292 g/mol. The summed E-state index contributed by atoms with van der Waals surface area (Å²) in [5.74, 6) is 0.481. The number of aryl methyl sites for hydroxylation is 1. The first-order valence-corrected chi connectivity index (χ1v) is 7.00. The van der Waals surface area contributed by atoms with E-state index in [0.717, 1.165) is 24.6 Å². The zero-order valence-corrected chi connectivity index (χ0v) is 12.4. The van der Waals surface area contributed by atoms with Crippen LogP contribution in [0.25, 0.3) is 0 Å². The van der Waals surface area contributed by atoms with Crippen LogP contribution in [0.15, 0.2) is 12.1 Å². The second-order valence-corrected chi connectivity index (χ2v) is 4.98. The summed E-state index contributed by atoms with van der Waals surface area (Å²) in [6.07, 6.45) is 0.343. The smallest absolute Gasteiger partial charge is 0.306 e. The zero-order valence-electron chi connectivity index (χ0n) is 12.4. The lowest BCUT2D eigenvalue weighted by atomic mass is 10.2. The number of carbonyl (C=O) groups is 2. The molecule has 1 aliphatic rings. The lowest BCUT2D eigenvalue weighted by Gasteiger charge is -2.35. The summed E-state index contributed by atoms with van der Waals surface area (Å²) < 4.78 is 4.54. The van der Waals surface area contributed by atoms with Gasteiger partial charge >= 0.3 is 5.97 Å². The Morgan fingerprint density at radius 1 is 1.14 bits per heavy atom. The number of hydrogen-bond acceptors (Lipinski definition) is 6. The minimum atomic E-state index is -0.350. The fraction of sp³-hybridized carbons (Fsp3) is 0.571. The highest BCUT2D eigenvalue weighted by Crippen LogP contribution is 2.13. The Morgan fingerprint density at radius 3 is 2.43 bits per heavy atom. The quantitative estimate of drug-likeness (QED) is 0.747. The van der Waals surface area contributed by atoms with Crippen molar-refractivity contribution in [3.8, 4) is 0 Å².